The number of hydrogen-bond donors (Lipinski definition) is 2. The fourth-order valence-corrected chi connectivity index (χ4v) is 6.55. The molecular weight excluding hydrogens is 510 g/mol. The molecule has 2 atom stereocenters. The molecule has 0 amide bonds. The highest BCUT2D eigenvalue weighted by molar-refractivity contribution is 7.23. The van der Waals surface area contributed by atoms with E-state index in [1.54, 1.807) is 19.4 Å². The zero-order chi connectivity index (χ0) is 26.7. The van der Waals surface area contributed by atoms with Gasteiger partial charge < -0.3 is 25.4 Å². The van der Waals surface area contributed by atoms with Gasteiger partial charge in [0.05, 0.1) is 30.9 Å². The maximum Gasteiger partial charge on any atom is 0.226 e. The zero-order valence-electron chi connectivity index (χ0n) is 21.1. The molecule has 4 heterocycles. The lowest BCUT2D eigenvalue weighted by Gasteiger charge is -2.20. The molecule has 2 aliphatic rings. The van der Waals surface area contributed by atoms with Crippen molar-refractivity contribution >= 4 is 43.3 Å². The van der Waals surface area contributed by atoms with Crippen molar-refractivity contribution in [3.63, 3.8) is 0 Å². The Hall–Kier alpha value is -3.43. The predicted octanol–water partition coefficient (Wildman–Crippen LogP) is 4.48. The molecule has 0 unspecified atom stereocenters. The first kappa shape index (κ1) is 24.9. The van der Waals surface area contributed by atoms with Gasteiger partial charge in [0.1, 0.15) is 22.4 Å². The van der Waals surface area contributed by atoms with Crippen molar-refractivity contribution in [1.29, 1.82) is 5.26 Å². The molecule has 8 nitrogen and oxygen atoms in total. The van der Waals surface area contributed by atoms with Crippen LogP contribution in [0.3, 0.4) is 0 Å². The molecule has 0 saturated carbocycles. The van der Waals surface area contributed by atoms with Crippen LogP contribution in [0.25, 0.3) is 32.1 Å². The van der Waals surface area contributed by atoms with E-state index in [0.717, 1.165) is 5.56 Å². The minimum absolute atomic E-state index is 0.00938. The van der Waals surface area contributed by atoms with E-state index in [9.17, 15) is 5.26 Å². The Morgan fingerprint density at radius 3 is 2.76 bits per heavy atom. The fraction of sp³-hybridized carbons (Fsp3) is 0.370. The van der Waals surface area contributed by atoms with Gasteiger partial charge >= 0.3 is 0 Å². The predicted molar refractivity (Wildman–Crippen MR) is 143 cm³/mol. The molecule has 0 aliphatic carbocycles. The maximum atomic E-state index is 16.5. The smallest absolute Gasteiger partial charge is 0.226 e. The van der Waals surface area contributed by atoms with Crippen molar-refractivity contribution in [2.45, 2.75) is 45.2 Å². The first-order chi connectivity index (χ1) is 18.3. The third-order valence-corrected chi connectivity index (χ3v) is 8.27. The molecule has 38 heavy (non-hydrogen) atoms. The van der Waals surface area contributed by atoms with E-state index >= 15 is 8.78 Å². The van der Waals surface area contributed by atoms with Gasteiger partial charge in [-0.05, 0) is 23.3 Å². The number of halogens is 2. The van der Waals surface area contributed by atoms with Crippen LogP contribution in [0.1, 0.15) is 30.5 Å². The molecule has 6 rings (SSSR count). The Bertz CT molecular complexity index is 1630. The normalized spacial score (nSPS) is 19.1. The summed E-state index contributed by atoms with van der Waals surface area (Å²) < 4.78 is 44.0. The van der Waals surface area contributed by atoms with Crippen molar-refractivity contribution < 1.29 is 18.3 Å². The number of nitrogen functional groups attached to an aromatic ring is 1. The molecule has 0 radical (unpaired) electrons. The minimum Gasteiger partial charge on any atom is -0.389 e. The van der Waals surface area contributed by atoms with E-state index in [1.165, 1.54) is 17.4 Å². The highest BCUT2D eigenvalue weighted by Crippen LogP contribution is 2.46. The number of nitrogens with two attached hydrogens (primary N) is 1. The number of benzene rings is 2. The zero-order valence-corrected chi connectivity index (χ0v) is 22.0. The van der Waals surface area contributed by atoms with E-state index in [1.807, 2.05) is 4.90 Å². The van der Waals surface area contributed by atoms with Crippen LogP contribution in [0.5, 0.6) is 0 Å². The highest BCUT2D eigenvalue weighted by Gasteiger charge is 2.35. The van der Waals surface area contributed by atoms with Gasteiger partial charge in [-0.3, -0.25) is 0 Å². The van der Waals surface area contributed by atoms with Gasteiger partial charge in [-0.25, -0.2) is 18.7 Å². The lowest BCUT2D eigenvalue weighted by molar-refractivity contribution is 0.0946. The average molecular weight is 537 g/mol. The number of nitrogens with zero attached hydrogens (tertiary/aromatic N) is 4. The van der Waals surface area contributed by atoms with Crippen molar-refractivity contribution in [3.8, 4) is 17.2 Å². The van der Waals surface area contributed by atoms with Gasteiger partial charge in [0, 0.05) is 59.0 Å². The van der Waals surface area contributed by atoms with Gasteiger partial charge in [0.25, 0.3) is 0 Å². The number of methoxy groups -OCH3 is 1. The third kappa shape index (κ3) is 3.79. The van der Waals surface area contributed by atoms with Crippen LogP contribution in [0.15, 0.2) is 18.3 Å². The van der Waals surface area contributed by atoms with E-state index in [0.29, 0.717) is 40.1 Å². The van der Waals surface area contributed by atoms with E-state index < -0.39 is 11.6 Å². The lowest BCUT2D eigenvalue weighted by Crippen LogP contribution is -2.43. The van der Waals surface area contributed by atoms with Crippen molar-refractivity contribution in [3.05, 3.63) is 46.7 Å². The summed E-state index contributed by atoms with van der Waals surface area (Å²) in [5, 5.41) is 14.4. The van der Waals surface area contributed by atoms with E-state index in [-0.39, 0.29) is 58.6 Å². The first-order valence-corrected chi connectivity index (χ1v) is 13.2. The largest absolute Gasteiger partial charge is 0.389 e. The Kier molecular flexibility index (Phi) is 6.15. The number of anilines is 2. The summed E-state index contributed by atoms with van der Waals surface area (Å²) in [5.74, 6) is -0.946. The topological polar surface area (TPSA) is 109 Å². The molecule has 2 aromatic carbocycles. The molecule has 2 aromatic heterocycles. The molecule has 3 N–H and O–H groups in total. The standard InChI is InChI=1S/C27H26F2N6O2S/c1-12(2)33-18-8-35(9-19(18)36-3)27-32-7-14-15-10-37-11-16(15)22(24(29)25(14)34-27)23-17(28)4-5-20-21(23)13(6-30)26(31)38-20/h4-5,7,12,18-19,33H,8-11,31H2,1-3H3/t18-,19-/m1/s1. The van der Waals surface area contributed by atoms with Crippen LogP contribution in [0, 0.1) is 23.0 Å². The summed E-state index contributed by atoms with van der Waals surface area (Å²) >= 11 is 1.17. The van der Waals surface area contributed by atoms with E-state index in [2.05, 4.69) is 35.2 Å². The first-order valence-electron chi connectivity index (χ1n) is 12.3. The number of aromatic nitrogens is 2. The van der Waals surface area contributed by atoms with E-state index in [4.69, 9.17) is 15.2 Å². The van der Waals surface area contributed by atoms with Crippen LogP contribution in [-0.4, -0.2) is 48.4 Å². The molecule has 0 bridgehead atoms. The summed E-state index contributed by atoms with van der Waals surface area (Å²) in [7, 11) is 1.67. The number of nitriles is 1. The Morgan fingerprint density at radius 2 is 2.03 bits per heavy atom. The lowest BCUT2D eigenvalue weighted by atomic mass is 9.90. The summed E-state index contributed by atoms with van der Waals surface area (Å²) in [5.41, 5.74) is 7.62. The van der Waals surface area contributed by atoms with Crippen LogP contribution in [0.2, 0.25) is 0 Å². The monoisotopic (exact) mass is 536 g/mol. The van der Waals surface area contributed by atoms with Crippen LogP contribution in [-0.2, 0) is 22.7 Å². The highest BCUT2D eigenvalue weighted by atomic mass is 32.1. The second-order valence-electron chi connectivity index (χ2n) is 9.93. The molecule has 11 heteroatoms. The Morgan fingerprint density at radius 1 is 1.24 bits per heavy atom. The number of hydrogen-bond acceptors (Lipinski definition) is 9. The quantitative estimate of drug-likeness (QED) is 0.385. The van der Waals surface area contributed by atoms with Crippen LogP contribution >= 0.6 is 11.3 Å². The molecule has 4 aromatic rings. The second kappa shape index (κ2) is 9.39. The minimum atomic E-state index is -0.674. The van der Waals surface area contributed by atoms with Crippen molar-refractivity contribution in [2.75, 3.05) is 30.8 Å². The van der Waals surface area contributed by atoms with Gasteiger partial charge in [-0.15, -0.1) is 11.3 Å². The SMILES string of the molecule is CO[C@@H]1CN(c2ncc3c4c(c(-c5c(F)ccc6sc(N)c(C#N)c56)c(F)c3n2)COC4)C[C@H]1NC(C)C. The number of fused-ring (bicyclic) bond motifs is 4. The Balaban J connectivity index is 1.56. The molecule has 0 spiro atoms. The van der Waals surface area contributed by atoms with Gasteiger partial charge in [-0.1, -0.05) is 13.8 Å². The molecule has 196 valence electrons. The summed E-state index contributed by atoms with van der Waals surface area (Å²) in [4.78, 5) is 11.2. The van der Waals surface area contributed by atoms with Crippen LogP contribution < -0.4 is 16.0 Å². The summed E-state index contributed by atoms with van der Waals surface area (Å²) in [6.07, 6.45) is 1.54. The number of rotatable bonds is 5. The molecule has 2 aliphatic heterocycles. The number of thiophene rings is 1. The summed E-state index contributed by atoms with van der Waals surface area (Å²) in [6.45, 7) is 5.62. The molecule has 1 saturated heterocycles. The number of ether oxygens (including phenoxy) is 2. The third-order valence-electron chi connectivity index (χ3n) is 7.28. The summed E-state index contributed by atoms with van der Waals surface area (Å²) in [6, 6.07) is 5.24. The van der Waals surface area contributed by atoms with Gasteiger partial charge in [-0.2, -0.15) is 5.26 Å². The van der Waals surface area contributed by atoms with Crippen molar-refractivity contribution in [1.82, 2.24) is 15.3 Å². The van der Waals surface area contributed by atoms with Gasteiger partial charge in [0.15, 0.2) is 5.82 Å². The number of nitrogens with one attached hydrogen (secondary N) is 1. The Labute approximate surface area is 222 Å². The van der Waals surface area contributed by atoms with Crippen LogP contribution in [0.4, 0.5) is 19.7 Å². The fourth-order valence-electron chi connectivity index (χ4n) is 5.62. The second-order valence-corrected chi connectivity index (χ2v) is 11.0. The molecule has 1 fully saturated rings. The van der Waals surface area contributed by atoms with Gasteiger partial charge in [0.2, 0.25) is 5.95 Å². The van der Waals surface area contributed by atoms with Crippen molar-refractivity contribution in [2.24, 2.45) is 0 Å². The molecular formula is C27H26F2N6O2S. The average Bonchev–Trinajstić information content (AvgIpc) is 3.61. The maximum absolute atomic E-state index is 16.5.